The fourth-order valence-electron chi connectivity index (χ4n) is 2.76. The highest BCUT2D eigenvalue weighted by Crippen LogP contribution is 2.24. The van der Waals surface area contributed by atoms with Gasteiger partial charge in [0.2, 0.25) is 11.7 Å². The maximum Gasteiger partial charge on any atom is 0.339 e. The molecule has 5 nitrogen and oxygen atoms in total. The molecule has 5 heteroatoms. The molecular weight excluding hydrogens is 354 g/mol. The molecule has 0 aliphatic rings. The van der Waals surface area contributed by atoms with Crippen molar-refractivity contribution >= 4 is 23.3 Å². The Morgan fingerprint density at radius 3 is 2.04 bits per heavy atom. The summed E-state index contributed by atoms with van der Waals surface area (Å²) >= 11 is 0. The van der Waals surface area contributed by atoms with Crippen molar-refractivity contribution in [1.82, 2.24) is 0 Å². The van der Waals surface area contributed by atoms with Gasteiger partial charge >= 0.3 is 5.97 Å². The SMILES string of the molecule is CC(=O)Nc1cccc(C(=O)O[C@H](C(=O)c2ccccc2)c2ccccc2)c1. The van der Waals surface area contributed by atoms with Crippen LogP contribution in [0.15, 0.2) is 84.9 Å². The first-order valence-corrected chi connectivity index (χ1v) is 8.77. The molecule has 0 unspecified atom stereocenters. The van der Waals surface area contributed by atoms with Gasteiger partial charge in [0.05, 0.1) is 5.56 Å². The fourth-order valence-corrected chi connectivity index (χ4v) is 2.76. The van der Waals surface area contributed by atoms with Gasteiger partial charge in [-0.2, -0.15) is 0 Å². The van der Waals surface area contributed by atoms with Crippen molar-refractivity contribution < 1.29 is 19.1 Å². The van der Waals surface area contributed by atoms with E-state index in [9.17, 15) is 14.4 Å². The van der Waals surface area contributed by atoms with Gasteiger partial charge in [0, 0.05) is 23.7 Å². The van der Waals surface area contributed by atoms with E-state index in [4.69, 9.17) is 4.74 Å². The number of ketones is 1. The lowest BCUT2D eigenvalue weighted by Crippen LogP contribution is -2.20. The lowest BCUT2D eigenvalue weighted by Gasteiger charge is -2.18. The van der Waals surface area contributed by atoms with Crippen molar-refractivity contribution in [3.63, 3.8) is 0 Å². The molecule has 1 atom stereocenters. The van der Waals surface area contributed by atoms with Crippen molar-refractivity contribution in [3.05, 3.63) is 102 Å². The van der Waals surface area contributed by atoms with Gasteiger partial charge in [-0.05, 0) is 18.2 Å². The number of amides is 1. The highest BCUT2D eigenvalue weighted by Gasteiger charge is 2.26. The second-order valence-corrected chi connectivity index (χ2v) is 6.19. The van der Waals surface area contributed by atoms with Crippen LogP contribution in [0.5, 0.6) is 0 Å². The Morgan fingerprint density at radius 1 is 0.786 bits per heavy atom. The van der Waals surface area contributed by atoms with Crippen LogP contribution >= 0.6 is 0 Å². The maximum atomic E-state index is 13.0. The molecule has 0 saturated carbocycles. The van der Waals surface area contributed by atoms with Crippen LogP contribution in [0.1, 0.15) is 39.3 Å². The molecule has 3 aromatic rings. The van der Waals surface area contributed by atoms with Gasteiger partial charge in [-0.25, -0.2) is 4.79 Å². The Bertz CT molecular complexity index is 984. The largest absolute Gasteiger partial charge is 0.445 e. The summed E-state index contributed by atoms with van der Waals surface area (Å²) in [4.78, 5) is 36.9. The monoisotopic (exact) mass is 373 g/mol. The highest BCUT2D eigenvalue weighted by molar-refractivity contribution is 6.02. The van der Waals surface area contributed by atoms with Crippen molar-refractivity contribution in [3.8, 4) is 0 Å². The van der Waals surface area contributed by atoms with Crippen molar-refractivity contribution in [2.45, 2.75) is 13.0 Å². The zero-order chi connectivity index (χ0) is 19.9. The van der Waals surface area contributed by atoms with Crippen molar-refractivity contribution in [1.29, 1.82) is 0 Å². The van der Waals surface area contributed by atoms with Gasteiger partial charge in [-0.15, -0.1) is 0 Å². The third kappa shape index (κ3) is 4.71. The number of anilines is 1. The normalized spacial score (nSPS) is 11.3. The quantitative estimate of drug-likeness (QED) is 0.513. The Kier molecular flexibility index (Phi) is 5.97. The van der Waals surface area contributed by atoms with Crippen molar-refractivity contribution in [2.24, 2.45) is 0 Å². The van der Waals surface area contributed by atoms with Crippen LogP contribution in [0, 0.1) is 0 Å². The van der Waals surface area contributed by atoms with E-state index in [1.807, 2.05) is 12.1 Å². The summed E-state index contributed by atoms with van der Waals surface area (Å²) in [7, 11) is 0. The maximum absolute atomic E-state index is 13.0. The summed E-state index contributed by atoms with van der Waals surface area (Å²) in [5, 5.41) is 2.62. The van der Waals surface area contributed by atoms with Gasteiger partial charge < -0.3 is 10.1 Å². The molecule has 0 spiro atoms. The van der Waals surface area contributed by atoms with E-state index in [1.165, 1.54) is 13.0 Å². The number of ether oxygens (including phenoxy) is 1. The molecule has 0 fully saturated rings. The minimum Gasteiger partial charge on any atom is -0.445 e. The minimum atomic E-state index is -1.07. The predicted molar refractivity (Wildman–Crippen MR) is 106 cm³/mol. The Balaban J connectivity index is 1.88. The number of carbonyl (C=O) groups excluding carboxylic acids is 3. The summed E-state index contributed by atoms with van der Waals surface area (Å²) < 4.78 is 5.60. The van der Waals surface area contributed by atoms with Crippen LogP contribution in [0.2, 0.25) is 0 Å². The molecule has 0 heterocycles. The van der Waals surface area contributed by atoms with Crippen LogP contribution in [0.4, 0.5) is 5.69 Å². The fraction of sp³-hybridized carbons (Fsp3) is 0.0870. The number of esters is 1. The number of benzene rings is 3. The Labute approximate surface area is 163 Å². The molecule has 1 amide bonds. The summed E-state index contributed by atoms with van der Waals surface area (Å²) in [6, 6.07) is 24.0. The predicted octanol–water partition coefficient (Wildman–Crippen LogP) is 4.43. The average Bonchev–Trinajstić information content (AvgIpc) is 2.72. The summed E-state index contributed by atoms with van der Waals surface area (Å²) in [6.45, 7) is 1.38. The van der Waals surface area contributed by atoms with E-state index >= 15 is 0 Å². The second kappa shape index (κ2) is 8.77. The van der Waals surface area contributed by atoms with Gasteiger partial charge in [-0.1, -0.05) is 66.7 Å². The number of Topliss-reactive ketones (excluding diaryl/α,β-unsaturated/α-hetero) is 1. The van der Waals surface area contributed by atoms with E-state index in [1.54, 1.807) is 66.7 Å². The van der Waals surface area contributed by atoms with E-state index in [2.05, 4.69) is 5.32 Å². The Hall–Kier alpha value is -3.73. The third-order valence-corrected chi connectivity index (χ3v) is 4.04. The van der Waals surface area contributed by atoms with Crippen LogP contribution < -0.4 is 5.32 Å². The number of nitrogens with one attached hydrogen (secondary N) is 1. The average molecular weight is 373 g/mol. The number of rotatable bonds is 6. The molecule has 1 N–H and O–H groups in total. The second-order valence-electron chi connectivity index (χ2n) is 6.19. The molecule has 28 heavy (non-hydrogen) atoms. The highest BCUT2D eigenvalue weighted by atomic mass is 16.5. The smallest absolute Gasteiger partial charge is 0.339 e. The zero-order valence-electron chi connectivity index (χ0n) is 15.3. The molecule has 0 radical (unpaired) electrons. The first-order chi connectivity index (χ1) is 13.5. The van der Waals surface area contributed by atoms with Crippen LogP contribution in [-0.2, 0) is 9.53 Å². The minimum absolute atomic E-state index is 0.244. The molecule has 0 bridgehead atoms. The van der Waals surface area contributed by atoms with Gasteiger partial charge in [-0.3, -0.25) is 9.59 Å². The van der Waals surface area contributed by atoms with Crippen molar-refractivity contribution in [2.75, 3.05) is 5.32 Å². The molecule has 0 aliphatic carbocycles. The summed E-state index contributed by atoms with van der Waals surface area (Å²) in [5.41, 5.74) is 1.76. The zero-order valence-corrected chi connectivity index (χ0v) is 15.3. The molecule has 3 rings (SSSR count). The number of carbonyl (C=O) groups is 3. The van der Waals surface area contributed by atoms with Gasteiger partial charge in [0.25, 0.3) is 0 Å². The first kappa shape index (κ1) is 19.0. The third-order valence-electron chi connectivity index (χ3n) is 4.04. The van der Waals surface area contributed by atoms with E-state index in [-0.39, 0.29) is 17.3 Å². The standard InChI is InChI=1S/C23H19NO4/c1-16(25)24-20-14-8-13-19(15-20)23(27)28-22(18-11-6-3-7-12-18)21(26)17-9-4-2-5-10-17/h2-15,22H,1H3,(H,24,25)/t22-/m0/s1. The number of hydrogen-bond donors (Lipinski definition) is 1. The first-order valence-electron chi connectivity index (χ1n) is 8.77. The van der Waals surface area contributed by atoms with Gasteiger partial charge in [0.15, 0.2) is 6.10 Å². The molecule has 3 aromatic carbocycles. The Morgan fingerprint density at radius 2 is 1.39 bits per heavy atom. The topological polar surface area (TPSA) is 72.5 Å². The van der Waals surface area contributed by atoms with Crippen LogP contribution in [0.25, 0.3) is 0 Å². The molecule has 140 valence electrons. The summed E-state index contributed by atoms with van der Waals surface area (Å²) in [6.07, 6.45) is -1.07. The molecule has 0 saturated heterocycles. The molecule has 0 aromatic heterocycles. The van der Waals surface area contributed by atoms with E-state index in [0.29, 0.717) is 16.8 Å². The van der Waals surface area contributed by atoms with Gasteiger partial charge in [0.1, 0.15) is 0 Å². The van der Waals surface area contributed by atoms with E-state index < -0.39 is 12.1 Å². The van der Waals surface area contributed by atoms with E-state index in [0.717, 1.165) is 0 Å². The van der Waals surface area contributed by atoms with Crippen LogP contribution in [-0.4, -0.2) is 17.7 Å². The lowest BCUT2D eigenvalue weighted by atomic mass is 9.99. The molecular formula is C23H19NO4. The molecule has 0 aliphatic heterocycles. The van der Waals surface area contributed by atoms with Crippen LogP contribution in [0.3, 0.4) is 0 Å². The summed E-state index contributed by atoms with van der Waals surface area (Å²) in [5.74, 6) is -1.20. The lowest BCUT2D eigenvalue weighted by molar-refractivity contribution is -0.114. The number of hydrogen-bond acceptors (Lipinski definition) is 4.